The molecule has 1 N–H and O–H groups in total. The fourth-order valence-corrected chi connectivity index (χ4v) is 1.80. The van der Waals surface area contributed by atoms with E-state index < -0.39 is 0 Å². The van der Waals surface area contributed by atoms with Gasteiger partial charge in [-0.2, -0.15) is 0 Å². The van der Waals surface area contributed by atoms with Gasteiger partial charge < -0.3 is 14.8 Å². The van der Waals surface area contributed by atoms with Gasteiger partial charge in [0.2, 0.25) is 0 Å². The maximum Gasteiger partial charge on any atom is 0.0590 e. The Balaban J connectivity index is 2.86. The van der Waals surface area contributed by atoms with E-state index in [1.165, 1.54) is 38.5 Å². The van der Waals surface area contributed by atoms with Crippen LogP contribution in [0.15, 0.2) is 0 Å². The first kappa shape index (κ1) is 17.9. The third-order valence-corrected chi connectivity index (χ3v) is 2.91. The molecular weight excluding hydrogens is 226 g/mol. The lowest BCUT2D eigenvalue weighted by molar-refractivity contribution is 0.127. The summed E-state index contributed by atoms with van der Waals surface area (Å²) in [6.45, 7) is 9.72. The van der Waals surface area contributed by atoms with Crippen molar-refractivity contribution in [3.63, 3.8) is 0 Å². The van der Waals surface area contributed by atoms with E-state index >= 15 is 0 Å². The second-order valence-electron chi connectivity index (χ2n) is 4.68. The van der Waals surface area contributed by atoms with Crippen LogP contribution < -0.4 is 5.32 Å². The van der Waals surface area contributed by atoms with Crippen LogP contribution in [-0.2, 0) is 9.47 Å². The predicted molar refractivity (Wildman–Crippen MR) is 78.2 cm³/mol. The van der Waals surface area contributed by atoms with Crippen LogP contribution in [0.1, 0.15) is 58.8 Å². The molecule has 0 aromatic heterocycles. The van der Waals surface area contributed by atoms with E-state index in [2.05, 4.69) is 12.2 Å². The van der Waals surface area contributed by atoms with Gasteiger partial charge in [-0.25, -0.2) is 0 Å². The van der Waals surface area contributed by atoms with Gasteiger partial charge in [-0.1, -0.05) is 39.0 Å². The molecule has 3 nitrogen and oxygen atoms in total. The van der Waals surface area contributed by atoms with Gasteiger partial charge in [0.1, 0.15) is 0 Å². The average Bonchev–Trinajstić information content (AvgIpc) is 2.39. The Hall–Kier alpha value is -0.120. The number of nitrogens with one attached hydrogen (secondary N) is 1. The molecule has 0 aliphatic carbocycles. The summed E-state index contributed by atoms with van der Waals surface area (Å²) in [6.07, 6.45) is 9.09. The molecule has 0 radical (unpaired) electrons. The van der Waals surface area contributed by atoms with E-state index in [-0.39, 0.29) is 0 Å². The fraction of sp³-hybridized carbons (Fsp3) is 1.00. The van der Waals surface area contributed by atoms with Crippen LogP contribution >= 0.6 is 0 Å². The van der Waals surface area contributed by atoms with E-state index in [1.54, 1.807) is 0 Å². The molecule has 110 valence electrons. The Labute approximate surface area is 114 Å². The summed E-state index contributed by atoms with van der Waals surface area (Å²) in [5.41, 5.74) is 0. The first-order valence-electron chi connectivity index (χ1n) is 7.78. The number of hydrogen-bond donors (Lipinski definition) is 1. The van der Waals surface area contributed by atoms with Crippen molar-refractivity contribution in [1.29, 1.82) is 0 Å². The van der Waals surface area contributed by atoms with Gasteiger partial charge in [-0.3, -0.25) is 0 Å². The van der Waals surface area contributed by atoms with Crippen molar-refractivity contribution in [3.8, 4) is 0 Å². The van der Waals surface area contributed by atoms with Gasteiger partial charge in [-0.15, -0.1) is 0 Å². The molecule has 0 saturated carbocycles. The van der Waals surface area contributed by atoms with Crippen LogP contribution in [0.25, 0.3) is 0 Å². The van der Waals surface area contributed by atoms with Gasteiger partial charge in [0, 0.05) is 26.4 Å². The largest absolute Gasteiger partial charge is 0.382 e. The molecule has 0 aromatic rings. The minimum absolute atomic E-state index is 0.821. The first-order valence-corrected chi connectivity index (χ1v) is 7.78. The highest BCUT2D eigenvalue weighted by Gasteiger charge is 1.92. The van der Waals surface area contributed by atoms with Crippen molar-refractivity contribution in [1.82, 2.24) is 5.32 Å². The van der Waals surface area contributed by atoms with Gasteiger partial charge in [0.15, 0.2) is 0 Å². The standard InChI is InChI=1S/C15H33NO2/c1-3-5-6-7-8-9-13-18-15-12-16-11-10-14-17-4-2/h16H,3-15H2,1-2H3. The highest BCUT2D eigenvalue weighted by atomic mass is 16.5. The van der Waals surface area contributed by atoms with Gasteiger partial charge in [0.05, 0.1) is 6.61 Å². The molecule has 0 aliphatic rings. The summed E-state index contributed by atoms with van der Waals surface area (Å²) in [7, 11) is 0. The third kappa shape index (κ3) is 15.9. The van der Waals surface area contributed by atoms with Crippen LogP contribution in [0, 0.1) is 0 Å². The zero-order chi connectivity index (χ0) is 13.3. The van der Waals surface area contributed by atoms with Crippen LogP contribution in [0.3, 0.4) is 0 Å². The first-order chi connectivity index (χ1) is 8.91. The molecule has 0 aromatic carbocycles. The average molecular weight is 259 g/mol. The van der Waals surface area contributed by atoms with E-state index in [1.807, 2.05) is 6.92 Å². The highest BCUT2D eigenvalue weighted by molar-refractivity contribution is 4.47. The van der Waals surface area contributed by atoms with Gasteiger partial charge in [-0.05, 0) is 26.3 Å². The fourth-order valence-electron chi connectivity index (χ4n) is 1.80. The van der Waals surface area contributed by atoms with Crippen LogP contribution in [0.2, 0.25) is 0 Å². The molecular formula is C15H33NO2. The summed E-state index contributed by atoms with van der Waals surface area (Å²) >= 11 is 0. The minimum Gasteiger partial charge on any atom is -0.382 e. The molecule has 18 heavy (non-hydrogen) atoms. The van der Waals surface area contributed by atoms with Crippen molar-refractivity contribution in [2.45, 2.75) is 58.8 Å². The van der Waals surface area contributed by atoms with E-state index in [4.69, 9.17) is 9.47 Å². The maximum absolute atomic E-state index is 5.57. The molecule has 0 amide bonds. The summed E-state index contributed by atoms with van der Waals surface area (Å²) in [4.78, 5) is 0. The zero-order valence-corrected chi connectivity index (χ0v) is 12.5. The molecule has 0 aliphatic heterocycles. The normalized spacial score (nSPS) is 11.0. The van der Waals surface area contributed by atoms with Crippen LogP contribution in [0.4, 0.5) is 0 Å². The predicted octanol–water partition coefficient (Wildman–Crippen LogP) is 3.38. The molecule has 0 atom stereocenters. The lowest BCUT2D eigenvalue weighted by Crippen LogP contribution is -2.22. The van der Waals surface area contributed by atoms with Crippen LogP contribution in [0.5, 0.6) is 0 Å². The van der Waals surface area contributed by atoms with Crippen molar-refractivity contribution in [2.75, 3.05) is 39.5 Å². The maximum atomic E-state index is 5.57. The highest BCUT2D eigenvalue weighted by Crippen LogP contribution is 2.04. The summed E-state index contributed by atoms with van der Waals surface area (Å²) < 4.78 is 10.8. The van der Waals surface area contributed by atoms with Crippen molar-refractivity contribution in [2.24, 2.45) is 0 Å². The molecule has 3 heteroatoms. The smallest absolute Gasteiger partial charge is 0.0590 e. The van der Waals surface area contributed by atoms with Crippen LogP contribution in [-0.4, -0.2) is 39.5 Å². The van der Waals surface area contributed by atoms with E-state index in [0.29, 0.717) is 0 Å². The topological polar surface area (TPSA) is 30.5 Å². The number of unbranched alkanes of at least 4 members (excludes halogenated alkanes) is 5. The summed E-state index contributed by atoms with van der Waals surface area (Å²) in [6, 6.07) is 0. The molecule has 0 unspecified atom stereocenters. The summed E-state index contributed by atoms with van der Waals surface area (Å²) in [5.74, 6) is 0. The second-order valence-corrected chi connectivity index (χ2v) is 4.68. The second kappa shape index (κ2) is 16.9. The van der Waals surface area contributed by atoms with Gasteiger partial charge >= 0.3 is 0 Å². The summed E-state index contributed by atoms with van der Waals surface area (Å²) in [5, 5.41) is 3.36. The quantitative estimate of drug-likeness (QED) is 0.457. The molecule has 0 spiro atoms. The minimum atomic E-state index is 0.821. The van der Waals surface area contributed by atoms with Crippen molar-refractivity contribution < 1.29 is 9.47 Å². The van der Waals surface area contributed by atoms with E-state index in [0.717, 1.165) is 45.9 Å². The molecule has 0 rings (SSSR count). The van der Waals surface area contributed by atoms with E-state index in [9.17, 15) is 0 Å². The lowest BCUT2D eigenvalue weighted by Gasteiger charge is -2.06. The Kier molecular flexibility index (Phi) is 16.8. The third-order valence-electron chi connectivity index (χ3n) is 2.91. The van der Waals surface area contributed by atoms with Crippen molar-refractivity contribution in [3.05, 3.63) is 0 Å². The molecule has 0 heterocycles. The monoisotopic (exact) mass is 259 g/mol. The van der Waals surface area contributed by atoms with Gasteiger partial charge in [0.25, 0.3) is 0 Å². The zero-order valence-electron chi connectivity index (χ0n) is 12.5. The Morgan fingerprint density at radius 2 is 1.39 bits per heavy atom. The Morgan fingerprint density at radius 1 is 0.667 bits per heavy atom. The number of rotatable bonds is 15. The Bertz CT molecular complexity index is 126. The lowest BCUT2D eigenvalue weighted by atomic mass is 10.1. The Morgan fingerprint density at radius 3 is 2.17 bits per heavy atom. The number of ether oxygens (including phenoxy) is 2. The van der Waals surface area contributed by atoms with Crippen molar-refractivity contribution >= 4 is 0 Å². The molecule has 0 bridgehead atoms. The molecule has 0 fully saturated rings. The number of hydrogen-bond acceptors (Lipinski definition) is 3. The molecule has 0 saturated heterocycles. The SMILES string of the molecule is CCCCCCCCOCCNCCCOCC.